The van der Waals surface area contributed by atoms with Crippen molar-refractivity contribution in [3.63, 3.8) is 0 Å². The summed E-state index contributed by atoms with van der Waals surface area (Å²) in [6.07, 6.45) is 3.67. The van der Waals surface area contributed by atoms with Gasteiger partial charge in [0.1, 0.15) is 0 Å². The van der Waals surface area contributed by atoms with Crippen LogP contribution in [-0.2, 0) is 11.3 Å². The van der Waals surface area contributed by atoms with Gasteiger partial charge in [-0.05, 0) is 12.5 Å². The zero-order chi connectivity index (χ0) is 11.9. The minimum Gasteiger partial charge on any atom is -0.375 e. The fourth-order valence-electron chi connectivity index (χ4n) is 3.18. The SMILES string of the molecule is c1ccc2c(c1)cnn2CCN1C[C@@H]2C[C@H]1CO2. The van der Waals surface area contributed by atoms with Crippen molar-refractivity contribution < 1.29 is 4.74 Å². The van der Waals surface area contributed by atoms with Gasteiger partial charge in [0.25, 0.3) is 0 Å². The number of aromatic nitrogens is 2. The zero-order valence-electron chi connectivity index (χ0n) is 10.3. The number of likely N-dealkylation sites (tertiary alicyclic amines) is 1. The molecule has 0 radical (unpaired) electrons. The number of para-hydroxylation sites is 1. The molecule has 2 atom stereocenters. The molecule has 4 nitrogen and oxygen atoms in total. The largest absolute Gasteiger partial charge is 0.375 e. The van der Waals surface area contributed by atoms with Gasteiger partial charge in [-0.3, -0.25) is 9.58 Å². The lowest BCUT2D eigenvalue weighted by Crippen LogP contribution is -2.38. The van der Waals surface area contributed by atoms with Crippen LogP contribution in [0, 0.1) is 0 Å². The molecule has 0 spiro atoms. The van der Waals surface area contributed by atoms with E-state index in [0.29, 0.717) is 12.1 Å². The molecule has 3 heterocycles. The van der Waals surface area contributed by atoms with Gasteiger partial charge in [-0.15, -0.1) is 0 Å². The monoisotopic (exact) mass is 243 g/mol. The molecule has 18 heavy (non-hydrogen) atoms. The maximum absolute atomic E-state index is 5.63. The molecular formula is C14H17N3O. The number of hydrogen-bond acceptors (Lipinski definition) is 3. The molecular weight excluding hydrogens is 226 g/mol. The first-order valence-corrected chi connectivity index (χ1v) is 6.66. The molecule has 0 saturated carbocycles. The molecule has 2 aliphatic rings. The Morgan fingerprint density at radius 2 is 2.22 bits per heavy atom. The smallest absolute Gasteiger partial charge is 0.0718 e. The Morgan fingerprint density at radius 1 is 1.28 bits per heavy atom. The number of rotatable bonds is 3. The van der Waals surface area contributed by atoms with E-state index in [-0.39, 0.29) is 0 Å². The molecule has 0 N–H and O–H groups in total. The van der Waals surface area contributed by atoms with Crippen LogP contribution in [0.3, 0.4) is 0 Å². The van der Waals surface area contributed by atoms with Gasteiger partial charge in [0.05, 0.1) is 31.0 Å². The molecule has 0 aliphatic carbocycles. The summed E-state index contributed by atoms with van der Waals surface area (Å²) in [7, 11) is 0. The second-order valence-corrected chi connectivity index (χ2v) is 5.27. The number of nitrogens with zero attached hydrogens (tertiary/aromatic N) is 3. The van der Waals surface area contributed by atoms with Gasteiger partial charge >= 0.3 is 0 Å². The minimum absolute atomic E-state index is 0.490. The quantitative estimate of drug-likeness (QED) is 0.818. The van der Waals surface area contributed by atoms with Crippen LogP contribution in [0.4, 0.5) is 0 Å². The van der Waals surface area contributed by atoms with Crippen molar-refractivity contribution in [3.8, 4) is 0 Å². The number of ether oxygens (including phenoxy) is 1. The predicted octanol–water partition coefficient (Wildman–Crippen LogP) is 1.51. The van der Waals surface area contributed by atoms with Gasteiger partial charge in [0.2, 0.25) is 0 Å². The summed E-state index contributed by atoms with van der Waals surface area (Å²) in [5.41, 5.74) is 1.23. The second kappa shape index (κ2) is 4.07. The van der Waals surface area contributed by atoms with Gasteiger partial charge in [0.15, 0.2) is 0 Å². The van der Waals surface area contributed by atoms with Crippen LogP contribution in [0.1, 0.15) is 6.42 Å². The first-order chi connectivity index (χ1) is 8.90. The van der Waals surface area contributed by atoms with Crippen molar-refractivity contribution in [3.05, 3.63) is 30.5 Å². The molecule has 0 amide bonds. The lowest BCUT2D eigenvalue weighted by molar-refractivity contribution is 0.0291. The Bertz CT molecular complexity index is 565. The summed E-state index contributed by atoms with van der Waals surface area (Å²) >= 11 is 0. The van der Waals surface area contributed by atoms with E-state index in [9.17, 15) is 0 Å². The normalized spacial score (nSPS) is 27.3. The second-order valence-electron chi connectivity index (χ2n) is 5.27. The molecule has 2 bridgehead atoms. The van der Waals surface area contributed by atoms with E-state index in [4.69, 9.17) is 4.74 Å². The lowest BCUT2D eigenvalue weighted by Gasteiger charge is -2.26. The third-order valence-corrected chi connectivity index (χ3v) is 4.16. The minimum atomic E-state index is 0.490. The fraction of sp³-hybridized carbons (Fsp3) is 0.500. The van der Waals surface area contributed by atoms with Crippen LogP contribution in [0.25, 0.3) is 10.9 Å². The molecule has 4 rings (SSSR count). The van der Waals surface area contributed by atoms with E-state index in [1.54, 1.807) is 0 Å². The number of hydrogen-bond donors (Lipinski definition) is 0. The van der Waals surface area contributed by atoms with Crippen LogP contribution in [0.2, 0.25) is 0 Å². The van der Waals surface area contributed by atoms with E-state index >= 15 is 0 Å². The van der Waals surface area contributed by atoms with Crippen LogP contribution >= 0.6 is 0 Å². The van der Waals surface area contributed by atoms with E-state index in [1.807, 2.05) is 6.20 Å². The molecule has 2 saturated heterocycles. The first kappa shape index (κ1) is 10.5. The maximum Gasteiger partial charge on any atom is 0.0718 e. The Balaban J connectivity index is 1.48. The maximum atomic E-state index is 5.63. The summed E-state index contributed by atoms with van der Waals surface area (Å²) in [6, 6.07) is 9.04. The number of morpholine rings is 1. The molecule has 0 unspecified atom stereocenters. The van der Waals surface area contributed by atoms with Gasteiger partial charge in [0, 0.05) is 24.5 Å². The average molecular weight is 243 g/mol. The number of fused-ring (bicyclic) bond motifs is 3. The molecule has 2 aliphatic heterocycles. The summed E-state index contributed by atoms with van der Waals surface area (Å²) in [5, 5.41) is 5.70. The molecule has 1 aromatic carbocycles. The predicted molar refractivity (Wildman–Crippen MR) is 69.5 cm³/mol. The molecule has 1 aromatic heterocycles. The van der Waals surface area contributed by atoms with E-state index in [2.05, 4.69) is 38.9 Å². The van der Waals surface area contributed by atoms with Crippen molar-refractivity contribution >= 4 is 10.9 Å². The first-order valence-electron chi connectivity index (χ1n) is 6.66. The van der Waals surface area contributed by atoms with Crippen LogP contribution in [0.15, 0.2) is 30.5 Å². The van der Waals surface area contributed by atoms with Crippen molar-refractivity contribution in [2.45, 2.75) is 25.1 Å². The van der Waals surface area contributed by atoms with E-state index < -0.39 is 0 Å². The summed E-state index contributed by atoms with van der Waals surface area (Å²) in [5.74, 6) is 0. The molecule has 4 heteroatoms. The van der Waals surface area contributed by atoms with Gasteiger partial charge < -0.3 is 4.74 Å². The average Bonchev–Trinajstić information content (AvgIpc) is 3.11. The standard InChI is InChI=1S/C14H17N3O/c1-2-4-14-11(3-1)8-15-17(14)6-5-16-9-13-7-12(16)10-18-13/h1-4,8,12-13H,5-7,9-10H2/t12-,13-/m0/s1. The number of benzene rings is 1. The Hall–Kier alpha value is -1.39. The van der Waals surface area contributed by atoms with Crippen molar-refractivity contribution in [2.75, 3.05) is 19.7 Å². The summed E-state index contributed by atoms with van der Waals surface area (Å²) in [4.78, 5) is 2.55. The van der Waals surface area contributed by atoms with Crippen LogP contribution in [0.5, 0.6) is 0 Å². The Kier molecular flexibility index (Phi) is 2.38. The van der Waals surface area contributed by atoms with Crippen LogP contribution < -0.4 is 0 Å². The third kappa shape index (κ3) is 1.64. The summed E-state index contributed by atoms with van der Waals surface area (Å²) < 4.78 is 7.74. The molecule has 94 valence electrons. The van der Waals surface area contributed by atoms with E-state index in [1.165, 1.54) is 17.3 Å². The highest BCUT2D eigenvalue weighted by Gasteiger charge is 2.38. The Labute approximate surface area is 106 Å². The topological polar surface area (TPSA) is 30.3 Å². The van der Waals surface area contributed by atoms with Gasteiger partial charge in [-0.1, -0.05) is 18.2 Å². The highest BCUT2D eigenvalue weighted by Crippen LogP contribution is 2.27. The van der Waals surface area contributed by atoms with Gasteiger partial charge in [-0.25, -0.2) is 0 Å². The molecule has 2 fully saturated rings. The highest BCUT2D eigenvalue weighted by molar-refractivity contribution is 5.78. The lowest BCUT2D eigenvalue weighted by atomic mass is 10.2. The Morgan fingerprint density at radius 3 is 3.06 bits per heavy atom. The third-order valence-electron chi connectivity index (χ3n) is 4.16. The van der Waals surface area contributed by atoms with Gasteiger partial charge in [-0.2, -0.15) is 5.10 Å². The fourth-order valence-corrected chi connectivity index (χ4v) is 3.18. The van der Waals surface area contributed by atoms with Crippen molar-refractivity contribution in [1.29, 1.82) is 0 Å². The van der Waals surface area contributed by atoms with Crippen LogP contribution in [-0.4, -0.2) is 46.5 Å². The van der Waals surface area contributed by atoms with Crippen molar-refractivity contribution in [2.24, 2.45) is 0 Å². The van der Waals surface area contributed by atoms with Crippen molar-refractivity contribution in [1.82, 2.24) is 14.7 Å². The van der Waals surface area contributed by atoms with E-state index in [0.717, 1.165) is 26.2 Å². The summed E-state index contributed by atoms with van der Waals surface area (Å²) in [6.45, 7) is 4.07. The zero-order valence-corrected chi connectivity index (χ0v) is 10.3. The molecule has 2 aromatic rings. The highest BCUT2D eigenvalue weighted by atomic mass is 16.5.